The van der Waals surface area contributed by atoms with Crippen molar-refractivity contribution in [3.8, 4) is 5.75 Å². The third kappa shape index (κ3) is 5.86. The molecule has 1 amide bonds. The summed E-state index contributed by atoms with van der Waals surface area (Å²) in [6.45, 7) is 3.90. The summed E-state index contributed by atoms with van der Waals surface area (Å²) in [7, 11) is 1.59. The fourth-order valence-corrected chi connectivity index (χ4v) is 3.21. The van der Waals surface area contributed by atoms with Gasteiger partial charge in [0.05, 0.1) is 7.11 Å². The molecule has 0 unspecified atom stereocenters. The van der Waals surface area contributed by atoms with Crippen molar-refractivity contribution in [3.05, 3.63) is 95.8 Å². The number of carbonyl (C=O) groups excluding carboxylic acids is 1. The number of aryl methyl sites for hydroxylation is 2. The Bertz CT molecular complexity index is 1240. The average Bonchev–Trinajstić information content (AvgIpc) is 2.81. The summed E-state index contributed by atoms with van der Waals surface area (Å²) in [5, 5.41) is 9.49. The molecule has 0 atom stereocenters. The van der Waals surface area contributed by atoms with Gasteiger partial charge >= 0.3 is 0 Å². The van der Waals surface area contributed by atoms with Crippen molar-refractivity contribution in [2.75, 3.05) is 23.1 Å². The van der Waals surface area contributed by atoms with Gasteiger partial charge in [-0.25, -0.2) is 9.97 Å². The smallest absolute Gasteiger partial charge is 0.255 e. The predicted octanol–water partition coefficient (Wildman–Crippen LogP) is 5.84. The van der Waals surface area contributed by atoms with E-state index in [1.54, 1.807) is 31.4 Å². The van der Waals surface area contributed by atoms with Crippen LogP contribution in [0.25, 0.3) is 0 Å². The van der Waals surface area contributed by atoms with Gasteiger partial charge in [0.15, 0.2) is 0 Å². The standard InChI is InChI=1S/C26H25N5O2/c1-17-4-8-20(9-5-17)29-24-16-25(28-18(2)27-24)30-21-10-12-22(13-11-21)31-26(32)19-6-14-23(33-3)15-7-19/h4-16H,1-3H3,(H,31,32)(H2,27,28,29,30). The van der Waals surface area contributed by atoms with Gasteiger partial charge in [-0.2, -0.15) is 0 Å². The Hall–Kier alpha value is -4.39. The molecule has 0 aliphatic heterocycles. The molecule has 0 aliphatic carbocycles. The van der Waals surface area contributed by atoms with Crippen LogP contribution in [0.4, 0.5) is 28.7 Å². The Balaban J connectivity index is 1.41. The summed E-state index contributed by atoms with van der Waals surface area (Å²) in [6.07, 6.45) is 0. The number of anilines is 5. The third-order valence-electron chi connectivity index (χ3n) is 4.93. The number of nitrogens with one attached hydrogen (secondary N) is 3. The van der Waals surface area contributed by atoms with Crippen LogP contribution in [0.15, 0.2) is 78.9 Å². The van der Waals surface area contributed by atoms with E-state index in [1.807, 2.05) is 61.5 Å². The molecule has 0 spiro atoms. The van der Waals surface area contributed by atoms with Gasteiger partial charge in [0.1, 0.15) is 23.2 Å². The van der Waals surface area contributed by atoms with E-state index in [4.69, 9.17) is 4.74 Å². The van der Waals surface area contributed by atoms with Crippen LogP contribution in [0.3, 0.4) is 0 Å². The maximum absolute atomic E-state index is 12.4. The predicted molar refractivity (Wildman–Crippen MR) is 132 cm³/mol. The van der Waals surface area contributed by atoms with Gasteiger partial charge in [0.2, 0.25) is 0 Å². The average molecular weight is 440 g/mol. The highest BCUT2D eigenvalue weighted by molar-refractivity contribution is 6.04. The van der Waals surface area contributed by atoms with Gasteiger partial charge in [-0.15, -0.1) is 0 Å². The zero-order valence-electron chi connectivity index (χ0n) is 18.7. The highest BCUT2D eigenvalue weighted by Gasteiger charge is 2.07. The fraction of sp³-hybridized carbons (Fsp3) is 0.115. The van der Waals surface area contributed by atoms with Gasteiger partial charge in [-0.05, 0) is 74.5 Å². The van der Waals surface area contributed by atoms with E-state index in [9.17, 15) is 4.79 Å². The largest absolute Gasteiger partial charge is 0.497 e. The number of rotatable bonds is 7. The normalized spacial score (nSPS) is 10.4. The van der Waals surface area contributed by atoms with E-state index < -0.39 is 0 Å². The Kier molecular flexibility index (Phi) is 6.50. The Morgan fingerprint density at radius 1 is 0.727 bits per heavy atom. The maximum Gasteiger partial charge on any atom is 0.255 e. The Morgan fingerprint density at radius 3 is 1.79 bits per heavy atom. The molecule has 1 heterocycles. The second-order valence-corrected chi connectivity index (χ2v) is 7.56. The van der Waals surface area contributed by atoms with Gasteiger partial charge < -0.3 is 20.7 Å². The molecular formula is C26H25N5O2. The summed E-state index contributed by atoms with van der Waals surface area (Å²) >= 11 is 0. The zero-order valence-corrected chi connectivity index (χ0v) is 18.7. The molecule has 4 aromatic rings. The molecule has 7 nitrogen and oxygen atoms in total. The van der Waals surface area contributed by atoms with E-state index in [1.165, 1.54) is 5.56 Å². The lowest BCUT2D eigenvalue weighted by Crippen LogP contribution is -2.11. The number of amides is 1. The molecule has 33 heavy (non-hydrogen) atoms. The fourth-order valence-electron chi connectivity index (χ4n) is 3.21. The minimum Gasteiger partial charge on any atom is -0.497 e. The van der Waals surface area contributed by atoms with Crippen LogP contribution >= 0.6 is 0 Å². The molecule has 1 aromatic heterocycles. The van der Waals surface area contributed by atoms with Crippen molar-refractivity contribution in [2.24, 2.45) is 0 Å². The number of hydrogen-bond acceptors (Lipinski definition) is 6. The molecule has 0 aliphatic rings. The van der Waals surface area contributed by atoms with Gasteiger partial charge in [-0.3, -0.25) is 4.79 Å². The van der Waals surface area contributed by atoms with Crippen molar-refractivity contribution in [1.29, 1.82) is 0 Å². The number of benzene rings is 3. The van der Waals surface area contributed by atoms with E-state index in [0.29, 0.717) is 34.5 Å². The van der Waals surface area contributed by atoms with Crippen LogP contribution < -0.4 is 20.7 Å². The van der Waals surface area contributed by atoms with E-state index in [2.05, 4.69) is 32.8 Å². The number of hydrogen-bond donors (Lipinski definition) is 3. The van der Waals surface area contributed by atoms with Gasteiger partial charge in [-0.1, -0.05) is 17.7 Å². The number of methoxy groups -OCH3 is 1. The number of aromatic nitrogens is 2. The summed E-state index contributed by atoms with van der Waals surface area (Å²) in [5.41, 5.74) is 4.26. The topological polar surface area (TPSA) is 88.2 Å². The van der Waals surface area contributed by atoms with Crippen molar-refractivity contribution >= 4 is 34.6 Å². The lowest BCUT2D eigenvalue weighted by molar-refractivity contribution is 0.102. The molecule has 7 heteroatoms. The first-order valence-electron chi connectivity index (χ1n) is 10.5. The maximum atomic E-state index is 12.4. The molecule has 0 fully saturated rings. The third-order valence-corrected chi connectivity index (χ3v) is 4.93. The van der Waals surface area contributed by atoms with Gasteiger partial charge in [0.25, 0.3) is 5.91 Å². The summed E-state index contributed by atoms with van der Waals surface area (Å²) in [5.74, 6) is 2.55. The van der Waals surface area contributed by atoms with E-state index in [-0.39, 0.29) is 5.91 Å². The highest BCUT2D eigenvalue weighted by atomic mass is 16.5. The first kappa shape index (κ1) is 21.8. The summed E-state index contributed by atoms with van der Waals surface area (Å²) in [6, 6.07) is 24.4. The molecule has 0 saturated carbocycles. The first-order chi connectivity index (χ1) is 16.0. The molecule has 0 bridgehead atoms. The number of ether oxygens (including phenoxy) is 1. The van der Waals surface area contributed by atoms with Crippen LogP contribution in [0.2, 0.25) is 0 Å². The number of carbonyl (C=O) groups is 1. The number of nitrogens with zero attached hydrogens (tertiary/aromatic N) is 2. The molecule has 0 saturated heterocycles. The second-order valence-electron chi connectivity index (χ2n) is 7.56. The zero-order chi connectivity index (χ0) is 23.2. The van der Waals surface area contributed by atoms with Crippen LogP contribution in [0.5, 0.6) is 5.75 Å². The van der Waals surface area contributed by atoms with Crippen molar-refractivity contribution in [2.45, 2.75) is 13.8 Å². The summed E-state index contributed by atoms with van der Waals surface area (Å²) in [4.78, 5) is 21.4. The van der Waals surface area contributed by atoms with Crippen molar-refractivity contribution < 1.29 is 9.53 Å². The Labute approximate surface area is 192 Å². The first-order valence-corrected chi connectivity index (χ1v) is 10.5. The second kappa shape index (κ2) is 9.82. The Morgan fingerprint density at radius 2 is 1.24 bits per heavy atom. The molecular weight excluding hydrogens is 414 g/mol. The van der Waals surface area contributed by atoms with Crippen LogP contribution in [0, 0.1) is 13.8 Å². The highest BCUT2D eigenvalue weighted by Crippen LogP contribution is 2.22. The van der Waals surface area contributed by atoms with Crippen LogP contribution in [0.1, 0.15) is 21.7 Å². The SMILES string of the molecule is COc1ccc(C(=O)Nc2ccc(Nc3cc(Nc4ccc(C)cc4)nc(C)n3)cc2)cc1. The van der Waals surface area contributed by atoms with Gasteiger partial charge in [0, 0.05) is 28.7 Å². The van der Waals surface area contributed by atoms with E-state index >= 15 is 0 Å². The van der Waals surface area contributed by atoms with Crippen LogP contribution in [-0.4, -0.2) is 23.0 Å². The molecule has 4 rings (SSSR count). The summed E-state index contributed by atoms with van der Waals surface area (Å²) < 4.78 is 5.13. The quantitative estimate of drug-likeness (QED) is 0.335. The van der Waals surface area contributed by atoms with Crippen LogP contribution in [-0.2, 0) is 0 Å². The van der Waals surface area contributed by atoms with E-state index in [0.717, 1.165) is 11.4 Å². The molecule has 3 N–H and O–H groups in total. The monoisotopic (exact) mass is 439 g/mol. The minimum absolute atomic E-state index is 0.184. The van der Waals surface area contributed by atoms with Crippen molar-refractivity contribution in [1.82, 2.24) is 9.97 Å². The molecule has 166 valence electrons. The molecule has 3 aromatic carbocycles. The lowest BCUT2D eigenvalue weighted by Gasteiger charge is -2.11. The minimum atomic E-state index is -0.184. The van der Waals surface area contributed by atoms with Crippen molar-refractivity contribution in [3.63, 3.8) is 0 Å². The molecule has 0 radical (unpaired) electrons. The lowest BCUT2D eigenvalue weighted by atomic mass is 10.2.